The minimum absolute atomic E-state index is 0.00804. The van der Waals surface area contributed by atoms with Crippen LogP contribution in [0.5, 0.6) is 0 Å². The summed E-state index contributed by atoms with van der Waals surface area (Å²) in [4.78, 5) is 19.6. The van der Waals surface area contributed by atoms with Crippen LogP contribution in [0.2, 0.25) is 13.1 Å². The zero-order valence-electron chi connectivity index (χ0n) is 28.9. The van der Waals surface area contributed by atoms with Crippen LogP contribution in [0.15, 0.2) is 48.7 Å². The molecule has 2 N–H and O–H groups in total. The van der Waals surface area contributed by atoms with E-state index >= 15 is 0 Å². The van der Waals surface area contributed by atoms with E-state index in [9.17, 15) is 40.6 Å². The summed E-state index contributed by atoms with van der Waals surface area (Å²) in [6.45, 7) is 11.5. The number of hydrogen-bond acceptors (Lipinski definition) is 6. The summed E-state index contributed by atoms with van der Waals surface area (Å²) in [6.07, 6.45) is -9.02. The fourth-order valence-electron chi connectivity index (χ4n) is 5.57. The molecule has 1 aromatic heterocycles. The zero-order valence-corrected chi connectivity index (χ0v) is 30.9. The highest BCUT2D eigenvalue weighted by Gasteiger charge is 2.41. The van der Waals surface area contributed by atoms with Crippen molar-refractivity contribution in [2.24, 2.45) is 5.41 Å². The van der Waals surface area contributed by atoms with Crippen LogP contribution >= 0.6 is 0 Å². The lowest BCUT2D eigenvalue weighted by molar-refractivity contribution is -0.143. The van der Waals surface area contributed by atoms with Crippen LogP contribution in [0, 0.1) is 18.2 Å². The van der Waals surface area contributed by atoms with Gasteiger partial charge in [-0.3, -0.25) is 4.79 Å². The summed E-state index contributed by atoms with van der Waals surface area (Å²) in [5.74, 6) is -1.07. The second kappa shape index (κ2) is 15.9. The van der Waals surface area contributed by atoms with Crippen LogP contribution in [0.3, 0.4) is 0 Å². The topological polar surface area (TPSA) is 83.9 Å². The summed E-state index contributed by atoms with van der Waals surface area (Å²) in [7, 11) is 1.67. The summed E-state index contributed by atoms with van der Waals surface area (Å²) < 4.78 is 108. The van der Waals surface area contributed by atoms with E-state index < -0.39 is 63.9 Å². The molecular weight excluding hydrogens is 704 g/mol. The van der Waals surface area contributed by atoms with Crippen molar-refractivity contribution < 1.29 is 49.5 Å². The van der Waals surface area contributed by atoms with Gasteiger partial charge in [-0.2, -0.15) is 26.3 Å². The Bertz CT molecular complexity index is 1610. The van der Waals surface area contributed by atoms with Crippen molar-refractivity contribution >= 4 is 36.9 Å². The third-order valence-corrected chi connectivity index (χ3v) is 9.20. The number of aliphatic hydroxyl groups is 1. The number of benzene rings is 2. The van der Waals surface area contributed by atoms with Crippen molar-refractivity contribution in [1.82, 2.24) is 4.98 Å². The molecule has 1 amide bonds. The molecular formula is C34H40F7N3O4Si2. The lowest BCUT2D eigenvalue weighted by Crippen LogP contribution is -2.42. The second-order valence-electron chi connectivity index (χ2n) is 13.0. The number of aryl methyl sites for hydroxylation is 1. The minimum Gasteiger partial charge on any atom is -0.394 e. The van der Waals surface area contributed by atoms with E-state index in [0.717, 1.165) is 4.90 Å². The molecule has 1 heterocycles. The molecule has 3 rings (SSSR count). The van der Waals surface area contributed by atoms with E-state index in [2.05, 4.69) is 10.3 Å². The number of alkyl halides is 6. The first-order valence-electron chi connectivity index (χ1n) is 15.4. The Morgan fingerprint density at radius 3 is 1.92 bits per heavy atom. The van der Waals surface area contributed by atoms with E-state index in [-0.39, 0.29) is 43.7 Å². The van der Waals surface area contributed by atoms with E-state index in [4.69, 9.17) is 8.85 Å². The molecule has 0 bridgehead atoms. The van der Waals surface area contributed by atoms with Gasteiger partial charge in [0.25, 0.3) is 0 Å². The number of halogens is 7. The van der Waals surface area contributed by atoms with Gasteiger partial charge in [0.15, 0.2) is 0 Å². The maximum absolute atomic E-state index is 14.2. The number of anilines is 2. The molecule has 1 unspecified atom stereocenters. The van der Waals surface area contributed by atoms with Crippen LogP contribution < -0.4 is 10.2 Å². The highest BCUT2D eigenvalue weighted by atomic mass is 28.2. The van der Waals surface area contributed by atoms with E-state index in [1.54, 1.807) is 13.0 Å². The maximum atomic E-state index is 14.2. The standard InChI is InChI=1S/C34H40F7N3O4Si2/c1-19-11-23(35)9-10-25(19)26-15-28(43-24(18-45)16-31(2,3)30(47-49-7)48-50-8)42-17-27(26)44(6)29(46)32(4,5)20-12-21(33(36,37)38)14-22(13-20)34(39,40)41/h9-15,17,24,30,45H,16,18H2,1-8H3,(H,42,43). The molecule has 50 heavy (non-hydrogen) atoms. The number of pyridine rings is 1. The zero-order chi connectivity index (χ0) is 37.8. The molecule has 0 aliphatic carbocycles. The normalized spacial score (nSPS) is 13.5. The molecule has 0 saturated heterocycles. The Labute approximate surface area is 292 Å². The number of aromatic nitrogens is 1. The molecule has 7 nitrogen and oxygen atoms in total. The van der Waals surface area contributed by atoms with E-state index in [1.807, 2.05) is 26.9 Å². The van der Waals surface area contributed by atoms with Crippen LogP contribution in [-0.2, 0) is 31.4 Å². The quantitative estimate of drug-likeness (QED) is 0.0989. The first-order chi connectivity index (χ1) is 23.1. The van der Waals surface area contributed by atoms with Crippen molar-refractivity contribution in [3.05, 3.63) is 76.7 Å². The third-order valence-electron chi connectivity index (χ3n) is 8.30. The maximum Gasteiger partial charge on any atom is 0.416 e. The first-order valence-corrected chi connectivity index (χ1v) is 18.2. The fourth-order valence-corrected chi connectivity index (χ4v) is 6.82. The Morgan fingerprint density at radius 1 is 0.900 bits per heavy atom. The van der Waals surface area contributed by atoms with Crippen molar-refractivity contribution in [3.8, 4) is 11.1 Å². The predicted molar refractivity (Wildman–Crippen MR) is 179 cm³/mol. The number of amides is 1. The van der Waals surface area contributed by atoms with E-state index in [1.165, 1.54) is 45.3 Å². The molecule has 0 saturated carbocycles. The molecule has 0 aliphatic rings. The second-order valence-corrected chi connectivity index (χ2v) is 14.3. The number of carbonyl (C=O) groups is 1. The van der Waals surface area contributed by atoms with Crippen LogP contribution in [0.1, 0.15) is 56.4 Å². The van der Waals surface area contributed by atoms with Gasteiger partial charge in [-0.05, 0) is 93.4 Å². The Balaban J connectivity index is 2.10. The summed E-state index contributed by atoms with van der Waals surface area (Å²) in [5, 5.41) is 13.5. The average molecular weight is 744 g/mol. The third kappa shape index (κ3) is 9.72. The monoisotopic (exact) mass is 743 g/mol. The van der Waals surface area contributed by atoms with Crippen LogP contribution in [-0.4, -0.2) is 61.5 Å². The number of nitrogens with zero attached hydrogens (tertiary/aromatic N) is 2. The number of rotatable bonds is 14. The van der Waals surface area contributed by atoms with Crippen LogP contribution in [0.25, 0.3) is 11.1 Å². The van der Waals surface area contributed by atoms with E-state index in [0.29, 0.717) is 35.2 Å². The van der Waals surface area contributed by atoms with Gasteiger partial charge >= 0.3 is 12.4 Å². The summed E-state index contributed by atoms with van der Waals surface area (Å²) >= 11 is 0. The number of carbonyl (C=O) groups excluding carboxylic acids is 1. The van der Waals surface area contributed by atoms with Crippen molar-refractivity contribution in [2.45, 2.75) is 84.2 Å². The van der Waals surface area contributed by atoms with Gasteiger partial charge in [-0.1, -0.05) is 19.9 Å². The largest absolute Gasteiger partial charge is 0.416 e. The molecule has 0 aliphatic heterocycles. The Hall–Kier alpha value is -3.32. The number of nitrogens with one attached hydrogen (secondary N) is 1. The molecule has 2 aromatic carbocycles. The van der Waals surface area contributed by atoms with Crippen LogP contribution in [0.4, 0.5) is 42.2 Å². The molecule has 1 atom stereocenters. The highest BCUT2D eigenvalue weighted by Crippen LogP contribution is 2.41. The Morgan fingerprint density at radius 2 is 1.44 bits per heavy atom. The summed E-state index contributed by atoms with van der Waals surface area (Å²) in [5.41, 5.74) is -4.51. The van der Waals surface area contributed by atoms with Crippen molar-refractivity contribution in [2.75, 3.05) is 23.9 Å². The smallest absolute Gasteiger partial charge is 0.394 e. The number of hydrogen-bond donors (Lipinski definition) is 2. The Kier molecular flexibility index (Phi) is 13.1. The van der Waals surface area contributed by atoms with Gasteiger partial charge < -0.3 is 24.2 Å². The molecule has 0 spiro atoms. The molecule has 4 radical (unpaired) electrons. The molecule has 0 fully saturated rings. The highest BCUT2D eigenvalue weighted by molar-refractivity contribution is 6.26. The first kappa shape index (κ1) is 41.1. The number of likely N-dealkylation sites (N-methyl/N-ethyl adjacent to an activating group) is 1. The fraction of sp³-hybridized carbons (Fsp3) is 0.471. The lowest BCUT2D eigenvalue weighted by atomic mass is 9.81. The molecule has 272 valence electrons. The van der Waals surface area contributed by atoms with Gasteiger partial charge in [-0.25, -0.2) is 9.37 Å². The minimum atomic E-state index is -5.10. The van der Waals surface area contributed by atoms with Crippen molar-refractivity contribution in [3.63, 3.8) is 0 Å². The summed E-state index contributed by atoms with van der Waals surface area (Å²) in [6, 6.07) is 6.11. The number of aliphatic hydroxyl groups excluding tert-OH is 1. The molecule has 16 heteroatoms. The van der Waals surface area contributed by atoms with Gasteiger partial charge in [0.1, 0.15) is 17.9 Å². The molecule has 3 aromatic rings. The van der Waals surface area contributed by atoms with Crippen molar-refractivity contribution in [1.29, 1.82) is 0 Å². The van der Waals surface area contributed by atoms with Gasteiger partial charge in [0, 0.05) is 18.0 Å². The van der Waals surface area contributed by atoms with Gasteiger partial charge in [-0.15, -0.1) is 0 Å². The lowest BCUT2D eigenvalue weighted by Gasteiger charge is -2.36. The SMILES string of the molecule is C[Si]OC(O[Si]C)C(C)(C)CC(CO)Nc1cc(-c2ccc(F)cc2C)c(N(C)C(=O)C(C)(C)c2cc(C(F)(F)F)cc(C(F)(F)F)c2)cn1. The van der Waals surface area contributed by atoms with Gasteiger partial charge in [0.2, 0.25) is 25.4 Å². The van der Waals surface area contributed by atoms with Gasteiger partial charge in [0.05, 0.1) is 41.1 Å². The predicted octanol–water partition coefficient (Wildman–Crippen LogP) is 8.06. The average Bonchev–Trinajstić information content (AvgIpc) is 3.02.